The van der Waals surface area contributed by atoms with Crippen LogP contribution in [0.15, 0.2) is 21.7 Å². The Bertz CT molecular complexity index is 1210. The first-order valence-corrected chi connectivity index (χ1v) is 10.6. The van der Waals surface area contributed by atoms with E-state index in [2.05, 4.69) is 0 Å². The van der Waals surface area contributed by atoms with Gasteiger partial charge in [-0.15, -0.1) is 0 Å². The maximum Gasteiger partial charge on any atom is 0.347 e. The average molecular weight is 504 g/mol. The van der Waals surface area contributed by atoms with E-state index in [1.54, 1.807) is 6.92 Å². The van der Waals surface area contributed by atoms with Gasteiger partial charge in [0.1, 0.15) is 17.7 Å². The Labute approximate surface area is 198 Å². The molecule has 0 bridgehead atoms. The lowest BCUT2D eigenvalue weighted by atomic mass is 10.2. The van der Waals surface area contributed by atoms with Gasteiger partial charge in [-0.1, -0.05) is 11.6 Å². The number of rotatable bonds is 8. The average Bonchev–Trinajstić information content (AvgIpc) is 2.73. The van der Waals surface area contributed by atoms with Crippen molar-refractivity contribution in [2.24, 2.45) is 14.1 Å². The van der Waals surface area contributed by atoms with E-state index in [0.717, 1.165) is 21.3 Å². The second kappa shape index (κ2) is 10.8. The number of aromatic nitrogens is 3. The van der Waals surface area contributed by atoms with Crippen LogP contribution in [0.4, 0.5) is 4.39 Å². The Morgan fingerprint density at radius 2 is 1.73 bits per heavy atom. The molecule has 2 atom stereocenters. The Morgan fingerprint density at radius 1 is 1.15 bits per heavy atom. The Balaban J connectivity index is 2.35. The van der Waals surface area contributed by atoms with Crippen LogP contribution in [0.3, 0.4) is 0 Å². The number of carbonyl (C=O) groups is 2. The first-order chi connectivity index (χ1) is 15.4. The first-order valence-electron chi connectivity index (χ1n) is 9.80. The van der Waals surface area contributed by atoms with Crippen molar-refractivity contribution in [3.63, 3.8) is 0 Å². The molecule has 0 spiro atoms. The molecular formula is C20H23ClFN3O7S. The number of halogens is 2. The van der Waals surface area contributed by atoms with Crippen LogP contribution in [0.2, 0.25) is 5.02 Å². The molecule has 0 radical (unpaired) electrons. The predicted molar refractivity (Wildman–Crippen MR) is 119 cm³/mol. The number of hydrogen-bond acceptors (Lipinski definition) is 8. The summed E-state index contributed by atoms with van der Waals surface area (Å²) in [5.41, 5.74) is -2.20. The second-order valence-corrected chi connectivity index (χ2v) is 7.82. The van der Waals surface area contributed by atoms with Gasteiger partial charge in [0.2, 0.25) is 0 Å². The minimum Gasteiger partial charge on any atom is -0.477 e. The molecule has 2 rings (SSSR count). The molecule has 1 aromatic carbocycles. The lowest BCUT2D eigenvalue weighted by Crippen LogP contribution is -2.43. The zero-order chi connectivity index (χ0) is 25.0. The molecule has 33 heavy (non-hydrogen) atoms. The molecule has 1 heterocycles. The maximum absolute atomic E-state index is 14.7. The van der Waals surface area contributed by atoms with Crippen LogP contribution < -0.4 is 16.1 Å². The number of nitrogens with zero attached hydrogens (tertiary/aromatic N) is 3. The lowest BCUT2D eigenvalue weighted by molar-refractivity contribution is -0.159. The van der Waals surface area contributed by atoms with Crippen LogP contribution in [0.25, 0.3) is 5.69 Å². The van der Waals surface area contributed by atoms with E-state index >= 15 is 0 Å². The summed E-state index contributed by atoms with van der Waals surface area (Å²) < 4.78 is 32.6. The summed E-state index contributed by atoms with van der Waals surface area (Å²) >= 11 is 11.1. The minimum atomic E-state index is -1.21. The van der Waals surface area contributed by atoms with Crippen LogP contribution in [0.5, 0.6) is 5.75 Å². The molecule has 10 nitrogen and oxygen atoms in total. The van der Waals surface area contributed by atoms with E-state index in [1.807, 2.05) is 0 Å². The summed E-state index contributed by atoms with van der Waals surface area (Å²) in [5.74, 6) is -2.48. The topological polar surface area (TPSA) is 111 Å². The highest BCUT2D eigenvalue weighted by Gasteiger charge is 2.24. The normalized spacial score (nSPS) is 12.7. The number of benzene rings is 1. The van der Waals surface area contributed by atoms with Crippen LogP contribution in [0, 0.1) is 10.6 Å². The van der Waals surface area contributed by atoms with Crippen LogP contribution in [-0.2, 0) is 33.2 Å². The molecule has 0 amide bonds. The van der Waals surface area contributed by atoms with Crippen molar-refractivity contribution in [3.8, 4) is 11.4 Å². The molecule has 2 unspecified atom stereocenters. The monoisotopic (exact) mass is 503 g/mol. The SMILES string of the molecule is CCOC(=O)CC(C)OC(=O)C(C)Oc1cc(-n2c(=O)n(C)c(=S)n(C)c2=O)c(F)cc1Cl. The third-order valence-corrected chi connectivity index (χ3v) is 5.33. The van der Waals surface area contributed by atoms with Crippen molar-refractivity contribution >= 4 is 35.8 Å². The van der Waals surface area contributed by atoms with Gasteiger partial charge in [0.15, 0.2) is 10.9 Å². The highest BCUT2D eigenvalue weighted by atomic mass is 35.5. The quantitative estimate of drug-likeness (QED) is 0.397. The number of esters is 2. The minimum absolute atomic E-state index is 0.0552. The summed E-state index contributed by atoms with van der Waals surface area (Å²) in [4.78, 5) is 49.0. The van der Waals surface area contributed by atoms with Crippen molar-refractivity contribution in [1.82, 2.24) is 13.7 Å². The fourth-order valence-electron chi connectivity index (χ4n) is 2.79. The van der Waals surface area contributed by atoms with Gasteiger partial charge in [0.05, 0.1) is 23.7 Å². The van der Waals surface area contributed by atoms with Gasteiger partial charge in [0, 0.05) is 20.2 Å². The molecule has 0 aliphatic heterocycles. The zero-order valence-electron chi connectivity index (χ0n) is 18.6. The summed E-state index contributed by atoms with van der Waals surface area (Å²) in [5, 5.41) is -0.204. The highest BCUT2D eigenvalue weighted by Crippen LogP contribution is 2.30. The van der Waals surface area contributed by atoms with Crippen LogP contribution >= 0.6 is 23.8 Å². The molecule has 180 valence electrons. The zero-order valence-corrected chi connectivity index (χ0v) is 20.2. The van der Waals surface area contributed by atoms with Crippen LogP contribution in [0.1, 0.15) is 27.2 Å². The van der Waals surface area contributed by atoms with Gasteiger partial charge in [-0.2, -0.15) is 0 Å². The predicted octanol–water partition coefficient (Wildman–Crippen LogP) is 2.05. The van der Waals surface area contributed by atoms with E-state index in [0.29, 0.717) is 4.57 Å². The smallest absolute Gasteiger partial charge is 0.347 e. The standard InChI is InChI=1S/C20H23ClFN3O7S/c1-6-30-16(26)7-10(2)31-17(27)11(3)32-15-9-14(13(22)8-12(15)21)25-18(28)23(4)20(33)24(5)19(25)29/h8-11H,6-7H2,1-5H3. The molecule has 13 heteroatoms. The van der Waals surface area contributed by atoms with Crippen molar-refractivity contribution in [2.75, 3.05) is 6.61 Å². The first kappa shape index (κ1) is 26.3. The molecule has 0 N–H and O–H groups in total. The Morgan fingerprint density at radius 3 is 2.27 bits per heavy atom. The molecule has 1 aromatic heterocycles. The molecule has 0 aliphatic rings. The summed E-state index contributed by atoms with van der Waals surface area (Å²) in [6.45, 7) is 4.72. The van der Waals surface area contributed by atoms with Gasteiger partial charge >= 0.3 is 23.3 Å². The van der Waals surface area contributed by atoms with Gasteiger partial charge in [-0.05, 0) is 39.1 Å². The molecule has 0 fully saturated rings. The number of ether oxygens (including phenoxy) is 3. The van der Waals surface area contributed by atoms with E-state index in [-0.39, 0.29) is 28.6 Å². The summed E-state index contributed by atoms with van der Waals surface area (Å²) in [6, 6.07) is 1.87. The van der Waals surface area contributed by atoms with Gasteiger partial charge in [0.25, 0.3) is 0 Å². The van der Waals surface area contributed by atoms with Crippen molar-refractivity contribution < 1.29 is 28.2 Å². The third kappa shape index (κ3) is 5.88. The van der Waals surface area contributed by atoms with Crippen molar-refractivity contribution in [2.45, 2.75) is 39.4 Å². The maximum atomic E-state index is 14.7. The Hall–Kier alpha value is -2.99. The van der Waals surface area contributed by atoms with E-state index in [4.69, 9.17) is 38.0 Å². The van der Waals surface area contributed by atoms with E-state index < -0.39 is 47.0 Å². The van der Waals surface area contributed by atoms with Crippen molar-refractivity contribution in [1.29, 1.82) is 0 Å². The third-order valence-electron chi connectivity index (χ3n) is 4.49. The molecule has 2 aromatic rings. The summed E-state index contributed by atoms with van der Waals surface area (Å²) in [7, 11) is 2.67. The van der Waals surface area contributed by atoms with Crippen molar-refractivity contribution in [3.05, 3.63) is 48.7 Å². The van der Waals surface area contributed by atoms with E-state index in [1.165, 1.54) is 27.9 Å². The molecule has 0 aliphatic carbocycles. The van der Waals surface area contributed by atoms with E-state index in [9.17, 15) is 23.6 Å². The molecule has 0 saturated heterocycles. The number of hydrogen-bond donors (Lipinski definition) is 0. The highest BCUT2D eigenvalue weighted by molar-refractivity contribution is 7.71. The lowest BCUT2D eigenvalue weighted by Gasteiger charge is -2.19. The van der Waals surface area contributed by atoms with Gasteiger partial charge in [-0.25, -0.2) is 23.3 Å². The molecule has 0 saturated carbocycles. The van der Waals surface area contributed by atoms with Gasteiger partial charge < -0.3 is 14.2 Å². The second-order valence-electron chi connectivity index (χ2n) is 7.05. The fourth-order valence-corrected chi connectivity index (χ4v) is 3.14. The summed E-state index contributed by atoms with van der Waals surface area (Å²) in [6.07, 6.45) is -2.13. The Kier molecular flexibility index (Phi) is 8.56. The largest absolute Gasteiger partial charge is 0.477 e. The van der Waals surface area contributed by atoms with Gasteiger partial charge in [-0.3, -0.25) is 13.9 Å². The number of carbonyl (C=O) groups excluding carboxylic acids is 2. The molecular weight excluding hydrogens is 481 g/mol. The fraction of sp³-hybridized carbons (Fsp3) is 0.450. The van der Waals surface area contributed by atoms with Crippen LogP contribution in [-0.4, -0.2) is 44.5 Å².